The number of carbonyl (C=O) groups is 1. The van der Waals surface area contributed by atoms with Crippen molar-refractivity contribution in [3.05, 3.63) is 35.4 Å². The van der Waals surface area contributed by atoms with Gasteiger partial charge in [-0.15, -0.1) is 24.8 Å². The van der Waals surface area contributed by atoms with Crippen LogP contribution in [0.3, 0.4) is 0 Å². The number of rotatable bonds is 9. The van der Waals surface area contributed by atoms with Gasteiger partial charge >= 0.3 is 0 Å². The van der Waals surface area contributed by atoms with E-state index in [2.05, 4.69) is 39.8 Å². The fourth-order valence-electron chi connectivity index (χ4n) is 2.68. The van der Waals surface area contributed by atoms with Crippen molar-refractivity contribution in [3.8, 4) is 0 Å². The summed E-state index contributed by atoms with van der Waals surface area (Å²) in [5.74, 6) is 0.0149. The Kier molecular flexibility index (Phi) is 13.0. The van der Waals surface area contributed by atoms with Gasteiger partial charge in [0, 0.05) is 26.7 Å². The molecule has 1 saturated heterocycles. The summed E-state index contributed by atoms with van der Waals surface area (Å²) in [6, 6.07) is 8.49. The molecule has 0 unspecified atom stereocenters. The van der Waals surface area contributed by atoms with Gasteiger partial charge in [0.05, 0.1) is 13.2 Å². The first kappa shape index (κ1) is 23.1. The fourth-order valence-corrected chi connectivity index (χ4v) is 2.68. The highest BCUT2D eigenvalue weighted by atomic mass is 35.5. The van der Waals surface area contributed by atoms with E-state index in [1.165, 1.54) is 31.5 Å². The summed E-state index contributed by atoms with van der Waals surface area (Å²) >= 11 is 0. The number of nitrogens with one attached hydrogen (secondary N) is 2. The maximum Gasteiger partial charge on any atom is 0.234 e. The zero-order chi connectivity index (χ0) is 15.6. The molecule has 1 aliphatic heterocycles. The van der Waals surface area contributed by atoms with Crippen LogP contribution >= 0.6 is 24.8 Å². The first-order valence-electron chi connectivity index (χ1n) is 8.04. The van der Waals surface area contributed by atoms with Crippen LogP contribution in [-0.4, -0.2) is 50.7 Å². The van der Waals surface area contributed by atoms with Gasteiger partial charge in [-0.05, 0) is 37.1 Å². The first-order chi connectivity index (χ1) is 10.8. The molecule has 2 N–H and O–H groups in total. The largest absolute Gasteiger partial charge is 0.383 e. The Bertz CT molecular complexity index is 469. The molecule has 0 aromatic heterocycles. The lowest BCUT2D eigenvalue weighted by molar-refractivity contribution is -0.120. The van der Waals surface area contributed by atoms with Crippen LogP contribution < -0.4 is 10.6 Å². The number of methoxy groups -OCH3 is 1. The number of halogens is 2. The van der Waals surface area contributed by atoms with Crippen molar-refractivity contribution < 1.29 is 9.53 Å². The van der Waals surface area contributed by atoms with Gasteiger partial charge in [0.15, 0.2) is 0 Å². The summed E-state index contributed by atoms with van der Waals surface area (Å²) in [7, 11) is 1.65. The summed E-state index contributed by atoms with van der Waals surface area (Å²) in [6.45, 7) is 5.64. The Labute approximate surface area is 157 Å². The van der Waals surface area contributed by atoms with E-state index in [0.29, 0.717) is 26.2 Å². The zero-order valence-electron chi connectivity index (χ0n) is 14.3. The maximum absolute atomic E-state index is 11.7. The standard InChI is InChI=1S/C17H27N3O2.2ClH/c1-22-10-7-18-13-17(21)19-12-15-5-4-6-16(11-15)14-20-8-2-3-9-20;;/h4-6,11,18H,2-3,7-10,12-14H2,1H3,(H,19,21);2*1H. The molecule has 7 heteroatoms. The number of amides is 1. The van der Waals surface area contributed by atoms with Crippen LogP contribution in [0.25, 0.3) is 0 Å². The van der Waals surface area contributed by atoms with E-state index in [1.54, 1.807) is 7.11 Å². The summed E-state index contributed by atoms with van der Waals surface area (Å²) in [5, 5.41) is 5.98. The second-order valence-corrected chi connectivity index (χ2v) is 5.75. The van der Waals surface area contributed by atoms with Crippen molar-refractivity contribution in [1.82, 2.24) is 15.5 Å². The number of hydrogen-bond donors (Lipinski definition) is 2. The van der Waals surface area contributed by atoms with Crippen LogP contribution in [0.15, 0.2) is 24.3 Å². The monoisotopic (exact) mass is 377 g/mol. The minimum absolute atomic E-state index is 0. The molecular formula is C17H29Cl2N3O2. The number of benzene rings is 1. The summed E-state index contributed by atoms with van der Waals surface area (Å²) < 4.78 is 4.92. The average molecular weight is 378 g/mol. The lowest BCUT2D eigenvalue weighted by Gasteiger charge is -2.15. The molecular weight excluding hydrogens is 349 g/mol. The Morgan fingerprint density at radius 2 is 1.92 bits per heavy atom. The second-order valence-electron chi connectivity index (χ2n) is 5.75. The molecule has 1 aromatic carbocycles. The van der Waals surface area contributed by atoms with Gasteiger partial charge in [0.2, 0.25) is 5.91 Å². The van der Waals surface area contributed by atoms with Gasteiger partial charge in [-0.2, -0.15) is 0 Å². The summed E-state index contributed by atoms with van der Waals surface area (Å²) in [4.78, 5) is 14.2. The van der Waals surface area contributed by atoms with E-state index >= 15 is 0 Å². The fraction of sp³-hybridized carbons (Fsp3) is 0.588. The third kappa shape index (κ3) is 8.85. The van der Waals surface area contributed by atoms with Crippen LogP contribution in [0.5, 0.6) is 0 Å². The molecule has 1 fully saturated rings. The minimum atomic E-state index is 0. The predicted molar refractivity (Wildman–Crippen MR) is 102 cm³/mol. The number of nitrogens with zero attached hydrogens (tertiary/aromatic N) is 1. The molecule has 1 amide bonds. The van der Waals surface area contributed by atoms with Crippen LogP contribution in [0.1, 0.15) is 24.0 Å². The van der Waals surface area contributed by atoms with Crippen LogP contribution in [0.2, 0.25) is 0 Å². The van der Waals surface area contributed by atoms with Gasteiger partial charge in [-0.1, -0.05) is 24.3 Å². The second kappa shape index (κ2) is 13.4. The summed E-state index contributed by atoms with van der Waals surface area (Å²) in [5.41, 5.74) is 2.48. The quantitative estimate of drug-likeness (QED) is 0.646. The van der Waals surface area contributed by atoms with Gasteiger partial charge in [0.25, 0.3) is 0 Å². The molecule has 0 radical (unpaired) electrons. The highest BCUT2D eigenvalue weighted by molar-refractivity contribution is 5.85. The van der Waals surface area contributed by atoms with Crippen molar-refractivity contribution in [1.29, 1.82) is 0 Å². The molecule has 24 heavy (non-hydrogen) atoms. The Balaban J connectivity index is 0.00000264. The van der Waals surface area contributed by atoms with Gasteiger partial charge < -0.3 is 15.4 Å². The highest BCUT2D eigenvalue weighted by Gasteiger charge is 2.11. The normalized spacial score (nSPS) is 13.9. The van der Waals surface area contributed by atoms with E-state index in [4.69, 9.17) is 4.74 Å². The molecule has 138 valence electrons. The predicted octanol–water partition coefficient (Wildman–Crippen LogP) is 1.98. The maximum atomic E-state index is 11.7. The van der Waals surface area contributed by atoms with Crippen molar-refractivity contribution in [2.45, 2.75) is 25.9 Å². The zero-order valence-corrected chi connectivity index (χ0v) is 15.9. The van der Waals surface area contributed by atoms with E-state index < -0.39 is 0 Å². The van der Waals surface area contributed by atoms with Crippen molar-refractivity contribution >= 4 is 30.7 Å². The van der Waals surface area contributed by atoms with Crippen LogP contribution in [-0.2, 0) is 22.6 Å². The lowest BCUT2D eigenvalue weighted by Crippen LogP contribution is -2.34. The Morgan fingerprint density at radius 3 is 2.62 bits per heavy atom. The molecule has 0 bridgehead atoms. The number of hydrogen-bond acceptors (Lipinski definition) is 4. The van der Waals surface area contributed by atoms with Crippen LogP contribution in [0, 0.1) is 0 Å². The van der Waals surface area contributed by atoms with E-state index in [9.17, 15) is 4.79 Å². The number of ether oxygens (including phenoxy) is 1. The average Bonchev–Trinajstić information content (AvgIpc) is 3.03. The molecule has 0 atom stereocenters. The summed E-state index contributed by atoms with van der Waals surface area (Å²) in [6.07, 6.45) is 2.62. The molecule has 5 nitrogen and oxygen atoms in total. The number of carbonyl (C=O) groups excluding carboxylic acids is 1. The van der Waals surface area contributed by atoms with E-state index in [1.807, 2.05) is 0 Å². The Hall–Kier alpha value is -0.850. The van der Waals surface area contributed by atoms with Gasteiger partial charge in [0.1, 0.15) is 0 Å². The number of likely N-dealkylation sites (tertiary alicyclic amines) is 1. The molecule has 2 rings (SSSR count). The third-order valence-electron chi connectivity index (χ3n) is 3.85. The smallest absolute Gasteiger partial charge is 0.234 e. The van der Waals surface area contributed by atoms with E-state index in [-0.39, 0.29) is 30.7 Å². The third-order valence-corrected chi connectivity index (χ3v) is 3.85. The van der Waals surface area contributed by atoms with Crippen LogP contribution in [0.4, 0.5) is 0 Å². The minimum Gasteiger partial charge on any atom is -0.383 e. The molecule has 1 heterocycles. The van der Waals surface area contributed by atoms with Crippen molar-refractivity contribution in [3.63, 3.8) is 0 Å². The van der Waals surface area contributed by atoms with Gasteiger partial charge in [-0.25, -0.2) is 0 Å². The lowest BCUT2D eigenvalue weighted by atomic mass is 10.1. The first-order valence-corrected chi connectivity index (χ1v) is 8.04. The highest BCUT2D eigenvalue weighted by Crippen LogP contribution is 2.13. The van der Waals surface area contributed by atoms with Gasteiger partial charge in [-0.3, -0.25) is 9.69 Å². The van der Waals surface area contributed by atoms with Crippen molar-refractivity contribution in [2.75, 3.05) is 39.9 Å². The molecule has 0 aliphatic carbocycles. The van der Waals surface area contributed by atoms with E-state index in [0.717, 1.165) is 12.1 Å². The molecule has 0 spiro atoms. The van der Waals surface area contributed by atoms with Crippen molar-refractivity contribution in [2.24, 2.45) is 0 Å². The topological polar surface area (TPSA) is 53.6 Å². The molecule has 1 aromatic rings. The SMILES string of the molecule is COCCNCC(=O)NCc1cccc(CN2CCCC2)c1.Cl.Cl. The molecule has 1 aliphatic rings. The Morgan fingerprint density at radius 1 is 1.21 bits per heavy atom. The molecule has 0 saturated carbocycles.